The van der Waals surface area contributed by atoms with E-state index >= 15 is 0 Å². The van der Waals surface area contributed by atoms with Crippen LogP contribution < -0.4 is 5.12 Å². The molecule has 1 aliphatic carbocycles. The van der Waals surface area contributed by atoms with Gasteiger partial charge in [0.05, 0.1) is 5.56 Å². The molecule has 2 aromatic rings. The van der Waals surface area contributed by atoms with Crippen molar-refractivity contribution in [2.45, 2.75) is 19.3 Å². The standard InChI is InChI=1S/C19H8F9NO3/c20-8-4-7(9-11(22)13(24)15(26)14(25)12(9)23)10(21)16(27)17(8)29(28)18(30)5-2-1-3-6(5)19(31)32/h4H,1-3H2,(H,31,32). The first kappa shape index (κ1) is 23.2. The minimum absolute atomic E-state index is 0.106. The number of carbonyl (C=O) groups excluding carboxylic acids is 1. The number of hydrogen-bond acceptors (Lipinski definition) is 2. The molecule has 0 saturated heterocycles. The molecule has 0 spiro atoms. The van der Waals surface area contributed by atoms with Gasteiger partial charge in [-0.3, -0.25) is 4.79 Å². The minimum atomic E-state index is -2.61. The van der Waals surface area contributed by atoms with Crippen molar-refractivity contribution in [3.05, 3.63) is 63.8 Å². The number of hydrogen-bond donors (Lipinski definition) is 1. The molecule has 1 N–H and O–H groups in total. The Morgan fingerprint density at radius 3 is 1.78 bits per heavy atom. The molecule has 1 aliphatic rings. The van der Waals surface area contributed by atoms with Crippen molar-refractivity contribution in [2.75, 3.05) is 5.12 Å². The zero-order valence-corrected chi connectivity index (χ0v) is 15.3. The largest absolute Gasteiger partial charge is 0.478 e. The number of carboxylic acids is 1. The Kier molecular flexibility index (Phi) is 5.94. The van der Waals surface area contributed by atoms with Crippen molar-refractivity contribution in [3.63, 3.8) is 0 Å². The van der Waals surface area contributed by atoms with E-state index in [1.54, 1.807) is 0 Å². The molecule has 0 heterocycles. The fraction of sp³-hybridized carbons (Fsp3) is 0.158. The Morgan fingerprint density at radius 1 is 0.750 bits per heavy atom. The van der Waals surface area contributed by atoms with Crippen LogP contribution in [-0.4, -0.2) is 17.0 Å². The maximum absolute atomic E-state index is 14.5. The van der Waals surface area contributed by atoms with E-state index in [4.69, 9.17) is 5.11 Å². The molecule has 3 rings (SSSR count). The maximum Gasteiger partial charge on any atom is 0.332 e. The molecule has 1 amide bonds. The molecular formula is C19H8F9NO3. The number of anilines is 1. The lowest BCUT2D eigenvalue weighted by atomic mass is 10.0. The van der Waals surface area contributed by atoms with Gasteiger partial charge in [0.25, 0.3) is 5.91 Å². The van der Waals surface area contributed by atoms with Crippen molar-refractivity contribution in [3.8, 4) is 11.1 Å². The molecule has 4 nitrogen and oxygen atoms in total. The fourth-order valence-corrected chi connectivity index (χ4v) is 3.22. The molecule has 0 saturated carbocycles. The zero-order valence-electron chi connectivity index (χ0n) is 15.3. The van der Waals surface area contributed by atoms with Gasteiger partial charge < -0.3 is 5.11 Å². The highest BCUT2D eigenvalue weighted by Gasteiger charge is 2.36. The Balaban J connectivity index is 2.17. The number of carbonyl (C=O) groups is 2. The molecule has 0 aromatic heterocycles. The fourth-order valence-electron chi connectivity index (χ4n) is 3.22. The zero-order chi connectivity index (χ0) is 24.1. The number of halogens is 9. The Hall–Kier alpha value is -3.51. The molecule has 32 heavy (non-hydrogen) atoms. The van der Waals surface area contributed by atoms with Crippen molar-refractivity contribution in [1.82, 2.24) is 0 Å². The Morgan fingerprint density at radius 2 is 1.25 bits per heavy atom. The second-order valence-corrected chi connectivity index (χ2v) is 6.53. The van der Waals surface area contributed by atoms with E-state index in [1.807, 2.05) is 0 Å². The van der Waals surface area contributed by atoms with Gasteiger partial charge >= 0.3 is 5.97 Å². The predicted octanol–water partition coefficient (Wildman–Crippen LogP) is 5.25. The highest BCUT2D eigenvalue weighted by molar-refractivity contribution is 6.09. The number of benzene rings is 2. The number of nitrogens with zero attached hydrogens (tertiary/aromatic N) is 1. The summed E-state index contributed by atoms with van der Waals surface area (Å²) in [5.41, 5.74) is -6.99. The van der Waals surface area contributed by atoms with Crippen molar-refractivity contribution in [2.24, 2.45) is 0 Å². The van der Waals surface area contributed by atoms with E-state index in [0.29, 0.717) is 0 Å². The second kappa shape index (κ2) is 8.20. The van der Waals surface area contributed by atoms with Crippen LogP contribution in [0.2, 0.25) is 0 Å². The van der Waals surface area contributed by atoms with E-state index in [9.17, 15) is 49.2 Å². The monoisotopic (exact) mass is 469 g/mol. The van der Waals surface area contributed by atoms with Crippen LogP contribution in [0.4, 0.5) is 45.3 Å². The molecule has 0 atom stereocenters. The van der Waals surface area contributed by atoms with E-state index < -0.39 is 91.5 Å². The number of aliphatic carboxylic acids is 1. The lowest BCUT2D eigenvalue weighted by Gasteiger charge is -2.17. The summed E-state index contributed by atoms with van der Waals surface area (Å²) in [6, 6.07) is -0.271. The van der Waals surface area contributed by atoms with Gasteiger partial charge in [0.1, 0.15) is 0 Å². The van der Waals surface area contributed by atoms with Crippen molar-refractivity contribution >= 4 is 17.6 Å². The van der Waals surface area contributed by atoms with Crippen LogP contribution in [0.5, 0.6) is 0 Å². The van der Waals surface area contributed by atoms with Gasteiger partial charge in [-0.05, 0) is 25.3 Å². The average molecular weight is 469 g/mol. The smallest absolute Gasteiger partial charge is 0.332 e. The van der Waals surface area contributed by atoms with Crippen molar-refractivity contribution in [1.29, 1.82) is 0 Å². The summed E-state index contributed by atoms with van der Waals surface area (Å²) in [4.78, 5) is 23.3. The highest BCUT2D eigenvalue weighted by Crippen LogP contribution is 2.39. The summed E-state index contributed by atoms with van der Waals surface area (Å²) >= 11 is 0. The average Bonchev–Trinajstić information content (AvgIpc) is 3.24. The quantitative estimate of drug-likeness (QED) is 0.288. The van der Waals surface area contributed by atoms with Gasteiger partial charge in [-0.1, -0.05) is 4.48 Å². The summed E-state index contributed by atoms with van der Waals surface area (Å²) in [6.45, 7) is 0. The molecule has 0 bridgehead atoms. The summed E-state index contributed by atoms with van der Waals surface area (Å²) in [6.07, 6.45) is -0.312. The molecule has 2 aromatic carbocycles. The van der Waals surface area contributed by atoms with Gasteiger partial charge in [0, 0.05) is 16.7 Å². The maximum atomic E-state index is 14.5. The third kappa shape index (κ3) is 3.46. The van der Waals surface area contributed by atoms with Crippen LogP contribution in [0.15, 0.2) is 17.2 Å². The first-order valence-corrected chi connectivity index (χ1v) is 8.54. The highest BCUT2D eigenvalue weighted by atomic mass is 19.2. The van der Waals surface area contributed by atoms with Crippen LogP contribution in [0.3, 0.4) is 0 Å². The molecular weight excluding hydrogens is 461 g/mol. The Labute approximate surface area is 172 Å². The summed E-state index contributed by atoms with van der Waals surface area (Å²) < 4.78 is 125. The van der Waals surface area contributed by atoms with Crippen LogP contribution in [0.1, 0.15) is 19.3 Å². The number of carboxylic acid groups (broad SMARTS) is 1. The molecule has 0 radical (unpaired) electrons. The van der Waals surface area contributed by atoms with Crippen LogP contribution in [0.25, 0.3) is 11.1 Å². The lowest BCUT2D eigenvalue weighted by Crippen LogP contribution is -2.27. The van der Waals surface area contributed by atoms with E-state index in [1.165, 1.54) is 0 Å². The first-order chi connectivity index (χ1) is 14.9. The summed E-state index contributed by atoms with van der Waals surface area (Å²) in [5, 5.41) is 7.76. The van der Waals surface area contributed by atoms with Crippen LogP contribution in [-0.2, 0) is 9.59 Å². The van der Waals surface area contributed by atoms with E-state index in [0.717, 1.165) is 0 Å². The SMILES string of the molecule is O=C(O)C1=C(C(=O)N(F)c2c(F)cc(-c3c(F)c(F)c(F)c(F)c3F)c(F)c2F)CCC1. The molecule has 13 heteroatoms. The lowest BCUT2D eigenvalue weighted by molar-refractivity contribution is -0.133. The van der Waals surface area contributed by atoms with Gasteiger partial charge in [0.2, 0.25) is 5.82 Å². The second-order valence-electron chi connectivity index (χ2n) is 6.53. The third-order valence-corrected chi connectivity index (χ3v) is 4.72. The van der Waals surface area contributed by atoms with Gasteiger partial charge in [0.15, 0.2) is 46.4 Å². The normalized spacial score (nSPS) is 13.7. The van der Waals surface area contributed by atoms with Crippen molar-refractivity contribution < 1.29 is 54.3 Å². The van der Waals surface area contributed by atoms with Gasteiger partial charge in [-0.15, -0.1) is 5.12 Å². The molecule has 0 aliphatic heterocycles. The minimum Gasteiger partial charge on any atom is -0.478 e. The molecule has 0 fully saturated rings. The number of amides is 1. The first-order valence-electron chi connectivity index (χ1n) is 8.54. The van der Waals surface area contributed by atoms with Gasteiger partial charge in [-0.25, -0.2) is 39.9 Å². The van der Waals surface area contributed by atoms with E-state index in [2.05, 4.69) is 0 Å². The predicted molar refractivity (Wildman–Crippen MR) is 88.6 cm³/mol. The van der Waals surface area contributed by atoms with Crippen LogP contribution >= 0.6 is 0 Å². The molecule has 0 unspecified atom stereocenters. The van der Waals surface area contributed by atoms with Gasteiger partial charge in [-0.2, -0.15) is 0 Å². The third-order valence-electron chi connectivity index (χ3n) is 4.72. The Bertz CT molecular complexity index is 1180. The van der Waals surface area contributed by atoms with E-state index in [-0.39, 0.29) is 25.3 Å². The molecule has 170 valence electrons. The topological polar surface area (TPSA) is 57.6 Å². The number of rotatable bonds is 4. The van der Waals surface area contributed by atoms with Crippen LogP contribution in [0, 0.1) is 46.5 Å². The summed E-state index contributed by atoms with van der Waals surface area (Å²) in [7, 11) is 0. The summed E-state index contributed by atoms with van der Waals surface area (Å²) in [5.74, 6) is -23.4.